The summed E-state index contributed by atoms with van der Waals surface area (Å²) >= 11 is 1.39. The van der Waals surface area contributed by atoms with Crippen molar-refractivity contribution in [2.24, 2.45) is 0 Å². The molecule has 1 aromatic carbocycles. The van der Waals surface area contributed by atoms with Crippen LogP contribution < -0.4 is 10.9 Å². The van der Waals surface area contributed by atoms with Gasteiger partial charge >= 0.3 is 0 Å². The molecule has 0 bridgehead atoms. The molecule has 0 aliphatic rings. The standard InChI is InChI=1S/C19H25N3O2S/c1-12-13(17(24)22-18(20-12)25-5)10-11-16(23)21-15-9-7-6-8-14(15)19(2,3)4/h6-9H,10-11H2,1-5H3,(H,21,23)(H,20,22,24). The molecule has 134 valence electrons. The van der Waals surface area contributed by atoms with E-state index in [0.29, 0.717) is 22.8 Å². The first-order chi connectivity index (χ1) is 11.7. The fourth-order valence-corrected chi connectivity index (χ4v) is 3.10. The van der Waals surface area contributed by atoms with E-state index in [1.807, 2.05) is 30.5 Å². The smallest absolute Gasteiger partial charge is 0.254 e. The topological polar surface area (TPSA) is 74.8 Å². The van der Waals surface area contributed by atoms with E-state index in [0.717, 1.165) is 11.3 Å². The number of carbonyl (C=O) groups excluding carboxylic acids is 1. The van der Waals surface area contributed by atoms with Crippen LogP contribution >= 0.6 is 11.8 Å². The third-order valence-electron chi connectivity index (χ3n) is 4.01. The molecular formula is C19H25N3O2S. The Morgan fingerprint density at radius 2 is 1.96 bits per heavy atom. The Labute approximate surface area is 152 Å². The van der Waals surface area contributed by atoms with Gasteiger partial charge in [-0.2, -0.15) is 0 Å². The van der Waals surface area contributed by atoms with Crippen molar-refractivity contribution in [2.45, 2.75) is 51.1 Å². The molecule has 0 saturated carbocycles. The summed E-state index contributed by atoms with van der Waals surface area (Å²) in [5, 5.41) is 3.57. The molecule has 0 aliphatic heterocycles. The van der Waals surface area contributed by atoms with Crippen LogP contribution in [0.4, 0.5) is 5.69 Å². The number of rotatable bonds is 5. The number of amides is 1. The van der Waals surface area contributed by atoms with E-state index in [1.54, 1.807) is 6.92 Å². The Hall–Kier alpha value is -2.08. The van der Waals surface area contributed by atoms with Gasteiger partial charge < -0.3 is 10.3 Å². The second kappa shape index (κ2) is 7.87. The van der Waals surface area contributed by atoms with Gasteiger partial charge in [-0.3, -0.25) is 9.59 Å². The molecule has 0 spiro atoms. The monoisotopic (exact) mass is 359 g/mol. The van der Waals surface area contributed by atoms with Gasteiger partial charge in [0.05, 0.1) is 0 Å². The van der Waals surface area contributed by atoms with Crippen molar-refractivity contribution in [1.29, 1.82) is 0 Å². The van der Waals surface area contributed by atoms with Crippen molar-refractivity contribution in [2.75, 3.05) is 11.6 Å². The quantitative estimate of drug-likeness (QED) is 0.631. The van der Waals surface area contributed by atoms with Gasteiger partial charge in [0.15, 0.2) is 5.16 Å². The third kappa shape index (κ3) is 4.95. The van der Waals surface area contributed by atoms with Crippen LogP contribution in [0.2, 0.25) is 0 Å². The van der Waals surface area contributed by atoms with Gasteiger partial charge in [0.2, 0.25) is 5.91 Å². The lowest BCUT2D eigenvalue weighted by atomic mass is 9.86. The number of nitrogens with one attached hydrogen (secondary N) is 2. The van der Waals surface area contributed by atoms with Gasteiger partial charge in [-0.05, 0) is 36.6 Å². The Balaban J connectivity index is 2.09. The first kappa shape index (κ1) is 19.2. The molecule has 0 unspecified atom stereocenters. The average molecular weight is 359 g/mol. The van der Waals surface area contributed by atoms with Gasteiger partial charge in [0, 0.05) is 23.4 Å². The van der Waals surface area contributed by atoms with Crippen LogP contribution in [0.3, 0.4) is 0 Å². The Kier molecular flexibility index (Phi) is 6.06. The lowest BCUT2D eigenvalue weighted by molar-refractivity contribution is -0.116. The van der Waals surface area contributed by atoms with Crippen LogP contribution in [0, 0.1) is 6.92 Å². The van der Waals surface area contributed by atoms with E-state index in [2.05, 4.69) is 36.1 Å². The minimum Gasteiger partial charge on any atom is -0.326 e. The highest BCUT2D eigenvalue weighted by molar-refractivity contribution is 7.98. The second-order valence-electron chi connectivity index (χ2n) is 6.98. The van der Waals surface area contributed by atoms with Gasteiger partial charge in [-0.15, -0.1) is 0 Å². The molecule has 0 saturated heterocycles. The van der Waals surface area contributed by atoms with E-state index in [9.17, 15) is 9.59 Å². The molecule has 6 heteroatoms. The fourth-order valence-electron chi connectivity index (χ4n) is 2.67. The molecule has 0 aliphatic carbocycles. The summed E-state index contributed by atoms with van der Waals surface area (Å²) in [4.78, 5) is 31.6. The number of thioether (sulfide) groups is 1. The summed E-state index contributed by atoms with van der Waals surface area (Å²) in [5.74, 6) is -0.107. The average Bonchev–Trinajstić information content (AvgIpc) is 2.53. The molecule has 2 N–H and O–H groups in total. The summed E-state index contributed by atoms with van der Waals surface area (Å²) < 4.78 is 0. The molecule has 0 atom stereocenters. The largest absolute Gasteiger partial charge is 0.326 e. The third-order valence-corrected chi connectivity index (χ3v) is 4.59. The van der Waals surface area contributed by atoms with Crippen LogP contribution in [0.1, 0.15) is 44.0 Å². The molecule has 1 aromatic heterocycles. The Morgan fingerprint density at radius 3 is 2.56 bits per heavy atom. The maximum Gasteiger partial charge on any atom is 0.254 e. The van der Waals surface area contributed by atoms with Gasteiger partial charge in [-0.1, -0.05) is 50.7 Å². The molecule has 2 aromatic rings. The summed E-state index contributed by atoms with van der Waals surface area (Å²) in [6.07, 6.45) is 2.46. The number of aromatic amines is 1. The number of H-pyrrole nitrogens is 1. The van der Waals surface area contributed by atoms with Crippen molar-refractivity contribution < 1.29 is 4.79 Å². The predicted octanol–water partition coefficient (Wildman–Crippen LogP) is 3.67. The number of hydrogen-bond donors (Lipinski definition) is 2. The minimum absolute atomic E-state index is 0.0603. The predicted molar refractivity (Wildman–Crippen MR) is 103 cm³/mol. The van der Waals surface area contributed by atoms with Crippen LogP contribution in [0.25, 0.3) is 0 Å². The molecule has 5 nitrogen and oxygen atoms in total. The Morgan fingerprint density at radius 1 is 1.28 bits per heavy atom. The second-order valence-corrected chi connectivity index (χ2v) is 7.78. The zero-order valence-corrected chi connectivity index (χ0v) is 16.2. The molecule has 0 fully saturated rings. The molecule has 25 heavy (non-hydrogen) atoms. The SMILES string of the molecule is CSc1nc(C)c(CCC(=O)Nc2ccccc2C(C)(C)C)c(=O)[nH]1. The number of nitrogens with zero attached hydrogens (tertiary/aromatic N) is 1. The number of para-hydroxylation sites is 1. The number of aryl methyl sites for hydroxylation is 1. The summed E-state index contributed by atoms with van der Waals surface area (Å²) in [6, 6.07) is 7.81. The number of anilines is 1. The summed E-state index contributed by atoms with van der Waals surface area (Å²) in [5.41, 5.74) is 2.92. The molecule has 2 rings (SSSR count). The number of carbonyl (C=O) groups is 1. The number of hydrogen-bond acceptors (Lipinski definition) is 4. The van der Waals surface area contributed by atoms with E-state index in [4.69, 9.17) is 0 Å². The van der Waals surface area contributed by atoms with Crippen molar-refractivity contribution in [3.05, 3.63) is 51.4 Å². The van der Waals surface area contributed by atoms with Gasteiger partial charge in [0.25, 0.3) is 5.56 Å². The summed E-state index contributed by atoms with van der Waals surface area (Å²) in [6.45, 7) is 8.14. The van der Waals surface area contributed by atoms with Crippen LogP contribution in [0.5, 0.6) is 0 Å². The zero-order valence-electron chi connectivity index (χ0n) is 15.4. The van der Waals surface area contributed by atoms with E-state index >= 15 is 0 Å². The van der Waals surface area contributed by atoms with Crippen molar-refractivity contribution in [3.8, 4) is 0 Å². The molecule has 1 heterocycles. The minimum atomic E-state index is -0.167. The van der Waals surface area contributed by atoms with Gasteiger partial charge in [0.1, 0.15) is 0 Å². The van der Waals surface area contributed by atoms with Crippen LogP contribution in [0.15, 0.2) is 34.2 Å². The first-order valence-corrected chi connectivity index (χ1v) is 9.48. The highest BCUT2D eigenvalue weighted by atomic mass is 32.2. The lowest BCUT2D eigenvalue weighted by Gasteiger charge is -2.23. The summed E-state index contributed by atoms with van der Waals surface area (Å²) in [7, 11) is 0. The van der Waals surface area contributed by atoms with E-state index in [-0.39, 0.29) is 23.3 Å². The fraction of sp³-hybridized carbons (Fsp3) is 0.421. The van der Waals surface area contributed by atoms with Crippen molar-refractivity contribution >= 4 is 23.4 Å². The number of benzene rings is 1. The van der Waals surface area contributed by atoms with Crippen LogP contribution in [-0.2, 0) is 16.6 Å². The zero-order chi connectivity index (χ0) is 18.6. The van der Waals surface area contributed by atoms with Crippen molar-refractivity contribution in [1.82, 2.24) is 9.97 Å². The highest BCUT2D eigenvalue weighted by Crippen LogP contribution is 2.29. The van der Waals surface area contributed by atoms with Crippen molar-refractivity contribution in [3.63, 3.8) is 0 Å². The van der Waals surface area contributed by atoms with E-state index in [1.165, 1.54) is 11.8 Å². The molecule has 0 radical (unpaired) electrons. The molecule has 1 amide bonds. The van der Waals surface area contributed by atoms with Crippen LogP contribution in [-0.4, -0.2) is 22.1 Å². The maximum atomic E-state index is 12.4. The van der Waals surface area contributed by atoms with E-state index < -0.39 is 0 Å². The normalized spacial score (nSPS) is 11.4. The Bertz CT molecular complexity index is 822. The lowest BCUT2D eigenvalue weighted by Crippen LogP contribution is -2.21. The molecular weight excluding hydrogens is 334 g/mol. The highest BCUT2D eigenvalue weighted by Gasteiger charge is 2.18. The van der Waals surface area contributed by atoms with Gasteiger partial charge in [-0.25, -0.2) is 4.98 Å². The maximum absolute atomic E-state index is 12.4. The number of aromatic nitrogens is 2. The first-order valence-electron chi connectivity index (χ1n) is 8.25.